The first-order valence-electron chi connectivity index (χ1n) is 7.36. The maximum Gasteiger partial charge on any atom is 0.306 e. The Labute approximate surface area is 124 Å². The summed E-state index contributed by atoms with van der Waals surface area (Å²) in [5.41, 5.74) is 7.54. The van der Waals surface area contributed by atoms with Crippen LogP contribution >= 0.6 is 0 Å². The first-order chi connectivity index (χ1) is 9.99. The Bertz CT molecular complexity index is 542. The Morgan fingerprint density at radius 3 is 2.71 bits per heavy atom. The van der Waals surface area contributed by atoms with E-state index in [0.29, 0.717) is 17.8 Å². The van der Waals surface area contributed by atoms with Crippen molar-refractivity contribution < 1.29 is 14.7 Å². The maximum atomic E-state index is 11.4. The zero-order valence-electron chi connectivity index (χ0n) is 12.3. The van der Waals surface area contributed by atoms with Crippen molar-refractivity contribution >= 4 is 17.6 Å². The number of benzene rings is 1. The number of hydrogen-bond donors (Lipinski definition) is 3. The Kier molecular flexibility index (Phi) is 4.83. The van der Waals surface area contributed by atoms with Crippen molar-refractivity contribution in [3.63, 3.8) is 0 Å². The third kappa shape index (κ3) is 3.74. The number of hydrogen-bond acceptors (Lipinski definition) is 3. The van der Waals surface area contributed by atoms with Crippen LogP contribution in [0.4, 0.5) is 5.69 Å². The lowest BCUT2D eigenvalue weighted by molar-refractivity contribution is -0.144. The lowest BCUT2D eigenvalue weighted by Crippen LogP contribution is -2.32. The number of nitrogens with two attached hydrogens (primary N) is 1. The van der Waals surface area contributed by atoms with E-state index >= 15 is 0 Å². The highest BCUT2D eigenvalue weighted by atomic mass is 16.4. The third-order valence-corrected chi connectivity index (χ3v) is 4.22. The van der Waals surface area contributed by atoms with Crippen molar-refractivity contribution in [2.45, 2.75) is 32.6 Å². The Morgan fingerprint density at radius 1 is 1.33 bits per heavy atom. The molecule has 21 heavy (non-hydrogen) atoms. The molecule has 0 spiro atoms. The molecule has 1 aliphatic rings. The van der Waals surface area contributed by atoms with Crippen LogP contribution < -0.4 is 11.1 Å². The molecular formula is C16H22N2O3. The summed E-state index contributed by atoms with van der Waals surface area (Å²) < 4.78 is 0. The summed E-state index contributed by atoms with van der Waals surface area (Å²) in [7, 11) is 0. The van der Waals surface area contributed by atoms with Gasteiger partial charge in [-0.1, -0.05) is 18.9 Å². The zero-order valence-corrected chi connectivity index (χ0v) is 12.3. The monoisotopic (exact) mass is 290 g/mol. The highest BCUT2D eigenvalue weighted by molar-refractivity contribution is 5.98. The second-order valence-corrected chi connectivity index (χ2v) is 5.78. The number of aliphatic carboxylic acids is 1. The zero-order chi connectivity index (χ0) is 15.4. The topological polar surface area (TPSA) is 92.4 Å². The average molecular weight is 290 g/mol. The predicted octanol–water partition coefficient (Wildman–Crippen LogP) is 2.40. The van der Waals surface area contributed by atoms with Gasteiger partial charge in [0, 0.05) is 12.2 Å². The van der Waals surface area contributed by atoms with Crippen molar-refractivity contribution in [2.75, 3.05) is 11.9 Å². The van der Waals surface area contributed by atoms with Gasteiger partial charge >= 0.3 is 5.97 Å². The molecule has 5 nitrogen and oxygen atoms in total. The molecule has 0 aromatic heterocycles. The molecule has 1 aliphatic carbocycles. The molecule has 4 N–H and O–H groups in total. The van der Waals surface area contributed by atoms with Crippen molar-refractivity contribution in [1.82, 2.24) is 0 Å². The molecule has 1 aromatic rings. The average Bonchev–Trinajstić information content (AvgIpc) is 2.45. The summed E-state index contributed by atoms with van der Waals surface area (Å²) in [6.45, 7) is 2.50. The SMILES string of the molecule is Cc1ccc(C(N)=O)c(NCC2CCCCC2C(=O)O)c1. The lowest BCUT2D eigenvalue weighted by atomic mass is 9.79. The van der Waals surface area contributed by atoms with Gasteiger partial charge in [-0.25, -0.2) is 0 Å². The lowest BCUT2D eigenvalue weighted by Gasteiger charge is -2.29. The second-order valence-electron chi connectivity index (χ2n) is 5.78. The van der Waals surface area contributed by atoms with Crippen LogP contribution in [0.25, 0.3) is 0 Å². The van der Waals surface area contributed by atoms with E-state index in [1.54, 1.807) is 6.07 Å². The maximum absolute atomic E-state index is 11.4. The minimum absolute atomic E-state index is 0.0949. The molecular weight excluding hydrogens is 268 g/mol. The number of carboxylic acids is 1. The van der Waals surface area contributed by atoms with Crippen LogP contribution in [0.15, 0.2) is 18.2 Å². The Morgan fingerprint density at radius 2 is 2.05 bits per heavy atom. The standard InChI is InChI=1S/C16H22N2O3/c1-10-6-7-13(15(17)19)14(8-10)18-9-11-4-2-3-5-12(11)16(20)21/h6-8,11-12,18H,2-5,9H2,1H3,(H2,17,19)(H,20,21). The number of aryl methyl sites for hydroxylation is 1. The molecule has 0 saturated heterocycles. The van der Waals surface area contributed by atoms with E-state index in [1.165, 1.54) is 0 Å². The number of rotatable bonds is 5. The van der Waals surface area contributed by atoms with E-state index in [-0.39, 0.29) is 11.8 Å². The van der Waals surface area contributed by atoms with E-state index in [0.717, 1.165) is 31.2 Å². The summed E-state index contributed by atoms with van der Waals surface area (Å²) in [4.78, 5) is 22.7. The van der Waals surface area contributed by atoms with E-state index in [9.17, 15) is 14.7 Å². The van der Waals surface area contributed by atoms with Gasteiger partial charge in [0.2, 0.25) is 0 Å². The van der Waals surface area contributed by atoms with Crippen LogP contribution in [0, 0.1) is 18.8 Å². The number of amides is 1. The summed E-state index contributed by atoms with van der Waals surface area (Å²) in [5, 5.41) is 12.5. The fraction of sp³-hybridized carbons (Fsp3) is 0.500. The van der Waals surface area contributed by atoms with E-state index in [1.807, 2.05) is 19.1 Å². The summed E-state index contributed by atoms with van der Waals surface area (Å²) in [6.07, 6.45) is 3.68. The molecule has 2 rings (SSSR count). The molecule has 0 heterocycles. The minimum Gasteiger partial charge on any atom is -0.481 e. The third-order valence-electron chi connectivity index (χ3n) is 4.22. The van der Waals surface area contributed by atoms with Crippen molar-refractivity contribution in [1.29, 1.82) is 0 Å². The van der Waals surface area contributed by atoms with E-state index < -0.39 is 11.9 Å². The van der Waals surface area contributed by atoms with Gasteiger partial charge in [0.25, 0.3) is 5.91 Å². The number of carboxylic acid groups (broad SMARTS) is 1. The molecule has 114 valence electrons. The van der Waals surface area contributed by atoms with Crippen molar-refractivity contribution in [3.8, 4) is 0 Å². The predicted molar refractivity (Wildman–Crippen MR) is 81.3 cm³/mol. The fourth-order valence-corrected chi connectivity index (χ4v) is 3.04. The number of carbonyl (C=O) groups is 2. The van der Waals surface area contributed by atoms with Gasteiger partial charge in [-0.3, -0.25) is 9.59 Å². The smallest absolute Gasteiger partial charge is 0.306 e. The van der Waals surface area contributed by atoms with Crippen LogP contribution in [0.2, 0.25) is 0 Å². The normalized spacial score (nSPS) is 21.8. The van der Waals surface area contributed by atoms with Gasteiger partial charge in [-0.15, -0.1) is 0 Å². The molecule has 0 bridgehead atoms. The first-order valence-corrected chi connectivity index (χ1v) is 7.36. The van der Waals surface area contributed by atoms with Crippen LogP contribution in [-0.4, -0.2) is 23.5 Å². The van der Waals surface area contributed by atoms with Crippen LogP contribution in [0.1, 0.15) is 41.6 Å². The van der Waals surface area contributed by atoms with E-state index in [4.69, 9.17) is 5.73 Å². The molecule has 1 fully saturated rings. The summed E-state index contributed by atoms with van der Waals surface area (Å²) in [6, 6.07) is 5.42. The number of nitrogens with one attached hydrogen (secondary N) is 1. The van der Waals surface area contributed by atoms with Gasteiger partial charge in [0.1, 0.15) is 0 Å². The molecule has 5 heteroatoms. The molecule has 0 aliphatic heterocycles. The van der Waals surface area contributed by atoms with E-state index in [2.05, 4.69) is 5.32 Å². The van der Waals surface area contributed by atoms with Gasteiger partial charge in [0.05, 0.1) is 11.5 Å². The molecule has 0 radical (unpaired) electrons. The number of primary amides is 1. The Hall–Kier alpha value is -2.04. The quantitative estimate of drug-likeness (QED) is 0.776. The fourth-order valence-electron chi connectivity index (χ4n) is 3.04. The highest BCUT2D eigenvalue weighted by Gasteiger charge is 2.30. The first kappa shape index (κ1) is 15.4. The Balaban J connectivity index is 2.09. The van der Waals surface area contributed by atoms with Gasteiger partial charge in [-0.05, 0) is 43.4 Å². The minimum atomic E-state index is -0.721. The number of carbonyl (C=O) groups excluding carboxylic acids is 1. The van der Waals surface area contributed by atoms with Crippen molar-refractivity contribution in [3.05, 3.63) is 29.3 Å². The molecule has 2 atom stereocenters. The number of anilines is 1. The van der Waals surface area contributed by atoms with Crippen molar-refractivity contribution in [2.24, 2.45) is 17.6 Å². The molecule has 1 saturated carbocycles. The summed E-state index contributed by atoms with van der Waals surface area (Å²) in [5.74, 6) is -1.40. The molecule has 1 amide bonds. The van der Waals surface area contributed by atoms with Crippen LogP contribution in [-0.2, 0) is 4.79 Å². The largest absolute Gasteiger partial charge is 0.481 e. The van der Waals surface area contributed by atoms with Crippen LogP contribution in [0.3, 0.4) is 0 Å². The van der Waals surface area contributed by atoms with Gasteiger partial charge < -0.3 is 16.2 Å². The van der Waals surface area contributed by atoms with Gasteiger partial charge in [-0.2, -0.15) is 0 Å². The van der Waals surface area contributed by atoms with Crippen LogP contribution in [0.5, 0.6) is 0 Å². The second kappa shape index (κ2) is 6.61. The summed E-state index contributed by atoms with van der Waals surface area (Å²) >= 11 is 0. The molecule has 1 aromatic carbocycles. The highest BCUT2D eigenvalue weighted by Crippen LogP contribution is 2.31. The van der Waals surface area contributed by atoms with Gasteiger partial charge in [0.15, 0.2) is 0 Å². The molecule has 2 unspecified atom stereocenters.